The van der Waals surface area contributed by atoms with Crippen molar-refractivity contribution in [2.75, 3.05) is 19.6 Å². The summed E-state index contributed by atoms with van der Waals surface area (Å²) in [5.74, 6) is 0.150. The van der Waals surface area contributed by atoms with E-state index in [-0.39, 0.29) is 11.3 Å². The number of carbonyl (C=O) groups is 1. The monoisotopic (exact) mass is 222 g/mol. The molecule has 1 atom stereocenters. The predicted molar refractivity (Wildman–Crippen MR) is 60.9 cm³/mol. The van der Waals surface area contributed by atoms with Gasteiger partial charge in [0, 0.05) is 31.4 Å². The number of hydrogen-bond donors (Lipinski definition) is 3. The minimum absolute atomic E-state index is 0.150. The van der Waals surface area contributed by atoms with Crippen LogP contribution in [0.1, 0.15) is 19.0 Å². The van der Waals surface area contributed by atoms with Crippen molar-refractivity contribution in [1.29, 1.82) is 0 Å². The summed E-state index contributed by atoms with van der Waals surface area (Å²) in [5, 5.41) is 6.20. The highest BCUT2D eigenvalue weighted by atomic mass is 16.2. The van der Waals surface area contributed by atoms with Gasteiger partial charge in [0.2, 0.25) is 5.91 Å². The largest absolute Gasteiger partial charge is 0.355 e. The standard InChI is InChI=1S/C11H18N4O/c1-11(3-5-12-7-11)10(16)14-4-2-9-6-13-8-15-9/h6,8,12H,2-5,7H2,1H3,(H,13,15)(H,14,16). The molecular formula is C11H18N4O. The van der Waals surface area contributed by atoms with Crippen molar-refractivity contribution in [3.05, 3.63) is 18.2 Å². The quantitative estimate of drug-likeness (QED) is 0.675. The first-order chi connectivity index (χ1) is 7.71. The van der Waals surface area contributed by atoms with Crippen LogP contribution < -0.4 is 10.6 Å². The zero-order chi connectivity index (χ0) is 11.4. The van der Waals surface area contributed by atoms with Crippen molar-refractivity contribution in [2.24, 2.45) is 5.41 Å². The van der Waals surface area contributed by atoms with Crippen LogP contribution in [0.15, 0.2) is 12.5 Å². The number of nitrogens with one attached hydrogen (secondary N) is 3. The molecule has 1 aliphatic heterocycles. The van der Waals surface area contributed by atoms with Crippen LogP contribution in [-0.4, -0.2) is 35.5 Å². The van der Waals surface area contributed by atoms with E-state index in [1.54, 1.807) is 12.5 Å². The lowest BCUT2D eigenvalue weighted by molar-refractivity contribution is -0.129. The third-order valence-electron chi connectivity index (χ3n) is 3.15. The fourth-order valence-corrected chi connectivity index (χ4v) is 1.96. The van der Waals surface area contributed by atoms with Crippen LogP contribution in [0.25, 0.3) is 0 Å². The maximum Gasteiger partial charge on any atom is 0.227 e. The molecule has 0 bridgehead atoms. The summed E-state index contributed by atoms with van der Waals surface area (Å²) < 4.78 is 0. The molecule has 5 heteroatoms. The first-order valence-corrected chi connectivity index (χ1v) is 5.67. The first kappa shape index (κ1) is 11.1. The molecule has 1 unspecified atom stereocenters. The van der Waals surface area contributed by atoms with Crippen molar-refractivity contribution < 1.29 is 4.79 Å². The maximum atomic E-state index is 11.9. The molecule has 2 heterocycles. The Balaban J connectivity index is 1.75. The number of aromatic nitrogens is 2. The molecule has 3 N–H and O–H groups in total. The summed E-state index contributed by atoms with van der Waals surface area (Å²) >= 11 is 0. The second-order valence-corrected chi connectivity index (χ2v) is 4.57. The van der Waals surface area contributed by atoms with E-state index in [2.05, 4.69) is 20.6 Å². The molecule has 5 nitrogen and oxygen atoms in total. The van der Waals surface area contributed by atoms with E-state index in [1.165, 1.54) is 0 Å². The van der Waals surface area contributed by atoms with Crippen molar-refractivity contribution in [3.8, 4) is 0 Å². The molecule has 1 aromatic rings. The number of carbonyl (C=O) groups excluding carboxylic acids is 1. The molecule has 0 radical (unpaired) electrons. The van der Waals surface area contributed by atoms with E-state index in [0.29, 0.717) is 6.54 Å². The highest BCUT2D eigenvalue weighted by molar-refractivity contribution is 5.82. The zero-order valence-corrected chi connectivity index (χ0v) is 9.55. The van der Waals surface area contributed by atoms with Gasteiger partial charge in [-0.2, -0.15) is 0 Å². The van der Waals surface area contributed by atoms with E-state index in [9.17, 15) is 4.79 Å². The third kappa shape index (κ3) is 2.41. The predicted octanol–water partition coefficient (Wildman–Crippen LogP) is 0.0680. The SMILES string of the molecule is CC1(C(=O)NCCc2cnc[nH]2)CCNC1. The van der Waals surface area contributed by atoms with Gasteiger partial charge in [-0.05, 0) is 19.9 Å². The number of rotatable bonds is 4. The lowest BCUT2D eigenvalue weighted by Gasteiger charge is -2.21. The van der Waals surface area contributed by atoms with Gasteiger partial charge in [0.1, 0.15) is 0 Å². The van der Waals surface area contributed by atoms with E-state index < -0.39 is 0 Å². The molecule has 1 aliphatic rings. The van der Waals surface area contributed by atoms with Crippen molar-refractivity contribution in [2.45, 2.75) is 19.8 Å². The van der Waals surface area contributed by atoms with Crippen LogP contribution in [-0.2, 0) is 11.2 Å². The van der Waals surface area contributed by atoms with E-state index in [0.717, 1.165) is 31.6 Å². The molecule has 1 fully saturated rings. The van der Waals surface area contributed by atoms with Crippen molar-refractivity contribution in [1.82, 2.24) is 20.6 Å². The van der Waals surface area contributed by atoms with Gasteiger partial charge in [0.25, 0.3) is 0 Å². The molecule has 1 saturated heterocycles. The van der Waals surface area contributed by atoms with Crippen LogP contribution in [0.4, 0.5) is 0 Å². The average molecular weight is 222 g/mol. The van der Waals surface area contributed by atoms with Crippen molar-refractivity contribution >= 4 is 5.91 Å². The summed E-state index contributed by atoms with van der Waals surface area (Å²) in [6.07, 6.45) is 5.16. The molecule has 0 spiro atoms. The fourth-order valence-electron chi connectivity index (χ4n) is 1.96. The highest BCUT2D eigenvalue weighted by Gasteiger charge is 2.35. The topological polar surface area (TPSA) is 69.8 Å². The van der Waals surface area contributed by atoms with E-state index in [1.807, 2.05) is 6.92 Å². The lowest BCUT2D eigenvalue weighted by Crippen LogP contribution is -2.41. The number of amides is 1. The van der Waals surface area contributed by atoms with Crippen LogP contribution in [0.2, 0.25) is 0 Å². The van der Waals surface area contributed by atoms with Gasteiger partial charge in [-0.1, -0.05) is 0 Å². The number of nitrogens with zero attached hydrogens (tertiary/aromatic N) is 1. The third-order valence-corrected chi connectivity index (χ3v) is 3.15. The minimum Gasteiger partial charge on any atom is -0.355 e. The van der Waals surface area contributed by atoms with Gasteiger partial charge in [-0.3, -0.25) is 4.79 Å². The Hall–Kier alpha value is -1.36. The normalized spacial score (nSPS) is 24.6. The molecule has 2 rings (SSSR count). The van der Waals surface area contributed by atoms with Gasteiger partial charge in [-0.25, -0.2) is 4.98 Å². The Bertz CT molecular complexity index is 341. The number of aromatic amines is 1. The smallest absolute Gasteiger partial charge is 0.227 e. The Labute approximate surface area is 95.0 Å². The summed E-state index contributed by atoms with van der Waals surface area (Å²) in [5.41, 5.74) is 0.823. The van der Waals surface area contributed by atoms with Gasteiger partial charge in [0.15, 0.2) is 0 Å². The van der Waals surface area contributed by atoms with Crippen molar-refractivity contribution in [3.63, 3.8) is 0 Å². The van der Waals surface area contributed by atoms with Gasteiger partial charge in [0.05, 0.1) is 11.7 Å². The molecular weight excluding hydrogens is 204 g/mol. The summed E-state index contributed by atoms with van der Waals surface area (Å²) in [6, 6.07) is 0. The average Bonchev–Trinajstić information content (AvgIpc) is 2.90. The zero-order valence-electron chi connectivity index (χ0n) is 9.55. The number of imidazole rings is 1. The lowest BCUT2D eigenvalue weighted by atomic mass is 9.89. The Kier molecular flexibility index (Phi) is 3.24. The second kappa shape index (κ2) is 4.65. The van der Waals surface area contributed by atoms with Crippen LogP contribution in [0, 0.1) is 5.41 Å². The molecule has 0 aromatic carbocycles. The molecule has 0 aliphatic carbocycles. The van der Waals surface area contributed by atoms with Gasteiger partial charge >= 0.3 is 0 Å². The van der Waals surface area contributed by atoms with Crippen LogP contribution in [0.3, 0.4) is 0 Å². The van der Waals surface area contributed by atoms with Gasteiger partial charge < -0.3 is 15.6 Å². The second-order valence-electron chi connectivity index (χ2n) is 4.57. The Morgan fingerprint density at radius 3 is 3.19 bits per heavy atom. The minimum atomic E-state index is -0.228. The molecule has 1 aromatic heterocycles. The molecule has 1 amide bonds. The molecule has 88 valence electrons. The summed E-state index contributed by atoms with van der Waals surface area (Å²) in [4.78, 5) is 18.9. The molecule has 0 saturated carbocycles. The number of hydrogen-bond acceptors (Lipinski definition) is 3. The maximum absolute atomic E-state index is 11.9. The number of H-pyrrole nitrogens is 1. The fraction of sp³-hybridized carbons (Fsp3) is 0.636. The van der Waals surface area contributed by atoms with Crippen LogP contribution in [0.5, 0.6) is 0 Å². The van der Waals surface area contributed by atoms with Crippen LogP contribution >= 0.6 is 0 Å². The summed E-state index contributed by atoms with van der Waals surface area (Å²) in [6.45, 7) is 4.39. The Morgan fingerprint density at radius 2 is 2.56 bits per heavy atom. The Morgan fingerprint density at radius 1 is 1.69 bits per heavy atom. The van der Waals surface area contributed by atoms with E-state index >= 15 is 0 Å². The van der Waals surface area contributed by atoms with Gasteiger partial charge in [-0.15, -0.1) is 0 Å². The highest BCUT2D eigenvalue weighted by Crippen LogP contribution is 2.24. The van der Waals surface area contributed by atoms with E-state index in [4.69, 9.17) is 0 Å². The molecule has 16 heavy (non-hydrogen) atoms. The summed E-state index contributed by atoms with van der Waals surface area (Å²) in [7, 11) is 0. The first-order valence-electron chi connectivity index (χ1n) is 5.67.